The molecule has 2 rings (SSSR count). The minimum Gasteiger partial charge on any atom is -0.544 e. The molecule has 0 bridgehead atoms. The molecule has 2 aromatic rings. The number of carbonyl (C=O) groups is 2. The van der Waals surface area contributed by atoms with E-state index in [-0.39, 0.29) is 17.2 Å². The summed E-state index contributed by atoms with van der Waals surface area (Å²) in [7, 11) is 3.14. The van der Waals surface area contributed by atoms with Crippen molar-refractivity contribution in [2.45, 2.75) is 19.8 Å². The molecule has 7 nitrogen and oxygen atoms in total. The van der Waals surface area contributed by atoms with Gasteiger partial charge in [-0.05, 0) is 31.0 Å². The number of benzene rings is 1. The summed E-state index contributed by atoms with van der Waals surface area (Å²) in [5, 5.41) is 14.1. The van der Waals surface area contributed by atoms with E-state index in [0.29, 0.717) is 35.2 Å². The van der Waals surface area contributed by atoms with Crippen molar-refractivity contribution in [1.82, 2.24) is 10.3 Å². The number of hydrogen-bond acceptors (Lipinski definition) is 7. The predicted molar refractivity (Wildman–Crippen MR) is 91.1 cm³/mol. The summed E-state index contributed by atoms with van der Waals surface area (Å²) in [6, 6.07) is 5.58. The number of carbonyl (C=O) groups excluding carboxylic acids is 2. The van der Waals surface area contributed by atoms with Crippen molar-refractivity contribution >= 4 is 23.2 Å². The van der Waals surface area contributed by atoms with Gasteiger partial charge >= 0.3 is 0 Å². The largest absolute Gasteiger partial charge is 0.544 e. The smallest absolute Gasteiger partial charge is 0.226 e. The Labute approximate surface area is 149 Å². The van der Waals surface area contributed by atoms with Crippen LogP contribution in [0.3, 0.4) is 0 Å². The second kappa shape index (κ2) is 8.48. The molecule has 0 radical (unpaired) electrons. The van der Waals surface area contributed by atoms with E-state index in [1.165, 1.54) is 0 Å². The fraction of sp³-hybridized carbons (Fsp3) is 0.353. The van der Waals surface area contributed by atoms with Crippen LogP contribution in [-0.2, 0) is 17.6 Å². The van der Waals surface area contributed by atoms with E-state index in [2.05, 4.69) is 10.3 Å². The number of methoxy groups -OCH3 is 2. The first kappa shape index (κ1) is 18.7. The number of aromatic nitrogens is 1. The number of aromatic carboxylic acids is 1. The lowest BCUT2D eigenvalue weighted by Crippen LogP contribution is -2.27. The molecule has 0 unspecified atom stereocenters. The fourth-order valence-electron chi connectivity index (χ4n) is 2.30. The first-order chi connectivity index (χ1) is 11.9. The van der Waals surface area contributed by atoms with E-state index in [4.69, 9.17) is 9.47 Å². The Morgan fingerprint density at radius 2 is 1.96 bits per heavy atom. The van der Waals surface area contributed by atoms with Crippen molar-refractivity contribution in [3.63, 3.8) is 0 Å². The number of nitrogens with zero attached hydrogens (tertiary/aromatic N) is 1. The molecule has 1 aromatic carbocycles. The van der Waals surface area contributed by atoms with Crippen molar-refractivity contribution in [3.8, 4) is 11.5 Å². The molecule has 0 spiro atoms. The maximum absolute atomic E-state index is 12.0. The van der Waals surface area contributed by atoms with Crippen LogP contribution in [0, 0.1) is 6.92 Å². The quantitative estimate of drug-likeness (QED) is 0.742. The third-order valence-electron chi connectivity index (χ3n) is 3.52. The maximum atomic E-state index is 12.0. The first-order valence-corrected chi connectivity index (χ1v) is 8.41. The van der Waals surface area contributed by atoms with Crippen molar-refractivity contribution < 1.29 is 24.2 Å². The van der Waals surface area contributed by atoms with Crippen LogP contribution in [0.5, 0.6) is 11.5 Å². The molecule has 1 heterocycles. The molecule has 0 atom stereocenters. The van der Waals surface area contributed by atoms with Crippen LogP contribution in [0.25, 0.3) is 0 Å². The zero-order valence-electron chi connectivity index (χ0n) is 14.3. The second-order valence-corrected chi connectivity index (χ2v) is 6.36. The lowest BCUT2D eigenvalue weighted by atomic mass is 10.1. The third kappa shape index (κ3) is 4.93. The van der Waals surface area contributed by atoms with Gasteiger partial charge in [-0.2, -0.15) is 0 Å². The number of hydrogen-bond donors (Lipinski definition) is 1. The predicted octanol–water partition coefficient (Wildman–Crippen LogP) is 0.734. The normalized spacial score (nSPS) is 10.4. The molecular weight excluding hydrogens is 344 g/mol. The molecule has 0 aliphatic heterocycles. The van der Waals surface area contributed by atoms with E-state index >= 15 is 0 Å². The van der Waals surface area contributed by atoms with Crippen LogP contribution in [-0.4, -0.2) is 37.6 Å². The van der Waals surface area contributed by atoms with Gasteiger partial charge in [-0.15, -0.1) is 11.3 Å². The molecular formula is C17H19N2O5S-. The monoisotopic (exact) mass is 363 g/mol. The Bertz CT molecular complexity index is 772. The Morgan fingerprint density at radius 1 is 1.24 bits per heavy atom. The Kier molecular flexibility index (Phi) is 6.35. The molecule has 0 aliphatic carbocycles. The van der Waals surface area contributed by atoms with Gasteiger partial charge in [-0.3, -0.25) is 4.79 Å². The number of amides is 1. The summed E-state index contributed by atoms with van der Waals surface area (Å²) < 4.78 is 10.4. The van der Waals surface area contributed by atoms with E-state index < -0.39 is 5.97 Å². The van der Waals surface area contributed by atoms with Crippen molar-refractivity contribution in [1.29, 1.82) is 0 Å². The van der Waals surface area contributed by atoms with E-state index in [1.54, 1.807) is 21.1 Å². The van der Waals surface area contributed by atoms with E-state index in [0.717, 1.165) is 16.9 Å². The Balaban J connectivity index is 1.86. The van der Waals surface area contributed by atoms with Gasteiger partial charge in [0.05, 0.1) is 37.2 Å². The van der Waals surface area contributed by atoms with Gasteiger partial charge < -0.3 is 24.7 Å². The summed E-state index contributed by atoms with van der Waals surface area (Å²) in [6.45, 7) is 2.03. The van der Waals surface area contributed by atoms with Crippen molar-refractivity contribution in [2.75, 3.05) is 20.8 Å². The van der Waals surface area contributed by atoms with Gasteiger partial charge in [-0.25, -0.2) is 4.98 Å². The van der Waals surface area contributed by atoms with Crippen molar-refractivity contribution in [2.24, 2.45) is 0 Å². The number of carboxylic acid groups (broad SMARTS) is 1. The topological polar surface area (TPSA) is 101 Å². The summed E-state index contributed by atoms with van der Waals surface area (Å²) in [5.41, 5.74) is 1.38. The average Bonchev–Trinajstić information content (AvgIpc) is 2.95. The molecule has 0 saturated heterocycles. The zero-order chi connectivity index (χ0) is 18.4. The zero-order valence-corrected chi connectivity index (χ0v) is 15.1. The van der Waals surface area contributed by atoms with Crippen LogP contribution < -0.4 is 19.9 Å². The molecule has 8 heteroatoms. The molecule has 0 saturated carbocycles. The van der Waals surface area contributed by atoms with Gasteiger partial charge in [0.15, 0.2) is 11.5 Å². The van der Waals surface area contributed by atoms with E-state index in [1.807, 2.05) is 18.2 Å². The van der Waals surface area contributed by atoms with Gasteiger partial charge in [0.1, 0.15) is 5.01 Å². The summed E-state index contributed by atoms with van der Waals surface area (Å²) >= 11 is 0.970. The number of nitrogens with one attached hydrogen (secondary N) is 1. The van der Waals surface area contributed by atoms with Crippen LogP contribution in [0.1, 0.15) is 25.9 Å². The molecule has 0 aliphatic rings. The van der Waals surface area contributed by atoms with E-state index in [9.17, 15) is 14.7 Å². The van der Waals surface area contributed by atoms with Crippen molar-refractivity contribution in [3.05, 3.63) is 39.3 Å². The summed E-state index contributed by atoms with van der Waals surface area (Å²) in [5.74, 6) is -0.188. The van der Waals surface area contributed by atoms with Gasteiger partial charge in [0, 0.05) is 6.54 Å². The minimum atomic E-state index is -1.27. The Morgan fingerprint density at radius 3 is 2.56 bits per heavy atom. The molecule has 1 amide bonds. The standard InChI is InChI=1S/C17H20N2O5S/c1-10-16(17(21)22)25-15(19-10)9-14(20)18-7-6-11-4-5-12(23-2)13(8-11)24-3/h4-5,8H,6-7,9H2,1-3H3,(H,18,20)(H,21,22)/p-1. The highest BCUT2D eigenvalue weighted by Crippen LogP contribution is 2.27. The molecule has 0 fully saturated rings. The number of thiazole rings is 1. The van der Waals surface area contributed by atoms with Crippen LogP contribution >= 0.6 is 11.3 Å². The minimum absolute atomic E-state index is 0.0463. The molecule has 134 valence electrons. The van der Waals surface area contributed by atoms with Gasteiger partial charge in [-0.1, -0.05) is 6.07 Å². The molecule has 1 aromatic heterocycles. The maximum Gasteiger partial charge on any atom is 0.226 e. The number of rotatable bonds is 8. The van der Waals surface area contributed by atoms with Crippen LogP contribution in [0.2, 0.25) is 0 Å². The third-order valence-corrected chi connectivity index (χ3v) is 4.66. The lowest BCUT2D eigenvalue weighted by Gasteiger charge is -2.10. The highest BCUT2D eigenvalue weighted by atomic mass is 32.1. The SMILES string of the molecule is COc1ccc(CCNC(=O)Cc2nc(C)c(C(=O)[O-])s2)cc1OC. The highest BCUT2D eigenvalue weighted by molar-refractivity contribution is 7.13. The summed E-state index contributed by atoms with van der Waals surface area (Å²) in [4.78, 5) is 27.0. The lowest BCUT2D eigenvalue weighted by molar-refractivity contribution is -0.254. The Hall–Kier alpha value is -2.61. The number of aryl methyl sites for hydroxylation is 1. The highest BCUT2D eigenvalue weighted by Gasteiger charge is 2.12. The summed E-state index contributed by atoms with van der Waals surface area (Å²) in [6.07, 6.45) is 0.679. The fourth-order valence-corrected chi connectivity index (χ4v) is 3.20. The molecule has 25 heavy (non-hydrogen) atoms. The second-order valence-electron chi connectivity index (χ2n) is 5.28. The molecule has 1 N–H and O–H groups in total. The average molecular weight is 363 g/mol. The van der Waals surface area contributed by atoms with Crippen LogP contribution in [0.15, 0.2) is 18.2 Å². The first-order valence-electron chi connectivity index (χ1n) is 7.59. The van der Waals surface area contributed by atoms with Gasteiger partial charge in [0.25, 0.3) is 0 Å². The number of carboxylic acids is 1. The van der Waals surface area contributed by atoms with Gasteiger partial charge in [0.2, 0.25) is 5.91 Å². The number of ether oxygens (including phenoxy) is 2. The van der Waals surface area contributed by atoms with Crippen LogP contribution in [0.4, 0.5) is 0 Å².